The van der Waals surface area contributed by atoms with Crippen molar-refractivity contribution in [3.63, 3.8) is 0 Å². The lowest BCUT2D eigenvalue weighted by Gasteiger charge is -2.31. The molecule has 6 nitrogen and oxygen atoms in total. The van der Waals surface area contributed by atoms with Gasteiger partial charge < -0.3 is 15.4 Å². The summed E-state index contributed by atoms with van der Waals surface area (Å²) >= 11 is 0. The minimum atomic E-state index is -0.442. The summed E-state index contributed by atoms with van der Waals surface area (Å²) in [7, 11) is 1.65. The predicted octanol–water partition coefficient (Wildman–Crippen LogP) is 1.68. The van der Waals surface area contributed by atoms with Crippen LogP contribution in [0.3, 0.4) is 0 Å². The number of amides is 1. The molecule has 1 aliphatic heterocycles. The molecule has 2 aliphatic rings. The van der Waals surface area contributed by atoms with Crippen LogP contribution in [-0.2, 0) is 23.2 Å². The van der Waals surface area contributed by atoms with Gasteiger partial charge in [0.1, 0.15) is 5.75 Å². The molecule has 0 saturated heterocycles. The number of nitrogens with two attached hydrogens (primary N) is 1. The molecule has 2 heterocycles. The first-order valence-corrected chi connectivity index (χ1v) is 8.17. The lowest BCUT2D eigenvalue weighted by molar-refractivity contribution is -0.135. The predicted molar refractivity (Wildman–Crippen MR) is 89.5 cm³/mol. The van der Waals surface area contributed by atoms with Gasteiger partial charge in [-0.05, 0) is 30.9 Å². The molecule has 1 aromatic carbocycles. The Morgan fingerprint density at radius 1 is 1.33 bits per heavy atom. The number of rotatable bonds is 3. The molecule has 124 valence electrons. The normalized spacial score (nSPS) is 18.0. The Morgan fingerprint density at radius 3 is 2.88 bits per heavy atom. The van der Waals surface area contributed by atoms with Crippen molar-refractivity contribution in [3.8, 4) is 5.75 Å². The summed E-state index contributed by atoms with van der Waals surface area (Å²) in [6, 6.07) is 7.81. The minimum absolute atomic E-state index is 0.162. The average Bonchev–Trinajstić information content (AvgIpc) is 3.42. The third-order valence-electron chi connectivity index (χ3n) is 5.03. The summed E-state index contributed by atoms with van der Waals surface area (Å²) < 4.78 is 5.47. The topological polar surface area (TPSA) is 81.3 Å². The summed E-state index contributed by atoms with van der Waals surface area (Å²) in [6.45, 7) is 1.19. The van der Waals surface area contributed by atoms with E-state index in [1.807, 2.05) is 29.2 Å². The molecule has 0 spiro atoms. The molecule has 24 heavy (non-hydrogen) atoms. The second-order valence-electron chi connectivity index (χ2n) is 6.46. The Hall–Kier alpha value is -2.63. The Labute approximate surface area is 140 Å². The first kappa shape index (κ1) is 14.9. The second-order valence-corrected chi connectivity index (χ2v) is 6.46. The average molecular weight is 324 g/mol. The van der Waals surface area contributed by atoms with Crippen molar-refractivity contribution in [3.05, 3.63) is 47.3 Å². The van der Waals surface area contributed by atoms with Gasteiger partial charge in [0.15, 0.2) is 0 Å². The van der Waals surface area contributed by atoms with E-state index in [0.29, 0.717) is 13.1 Å². The van der Waals surface area contributed by atoms with E-state index in [9.17, 15) is 4.79 Å². The van der Waals surface area contributed by atoms with Crippen molar-refractivity contribution in [1.29, 1.82) is 0 Å². The molecule has 1 fully saturated rings. The van der Waals surface area contributed by atoms with Crippen molar-refractivity contribution < 1.29 is 9.53 Å². The number of benzene rings is 1. The summed E-state index contributed by atoms with van der Waals surface area (Å²) in [5.41, 5.74) is 8.18. The highest BCUT2D eigenvalue weighted by atomic mass is 16.5. The van der Waals surface area contributed by atoms with E-state index in [4.69, 9.17) is 10.5 Å². The molecule has 0 unspecified atom stereocenters. The van der Waals surface area contributed by atoms with E-state index < -0.39 is 5.41 Å². The second kappa shape index (κ2) is 5.47. The SMILES string of the molecule is COc1ccccc1C1(C(=O)N2CCc3cnc(N)nc3C2)CC1. The maximum Gasteiger partial charge on any atom is 0.233 e. The van der Waals surface area contributed by atoms with Gasteiger partial charge in [0.25, 0.3) is 0 Å². The van der Waals surface area contributed by atoms with E-state index in [2.05, 4.69) is 9.97 Å². The number of para-hydroxylation sites is 1. The van der Waals surface area contributed by atoms with Crippen molar-refractivity contribution in [2.75, 3.05) is 19.4 Å². The van der Waals surface area contributed by atoms with E-state index in [-0.39, 0.29) is 11.9 Å². The van der Waals surface area contributed by atoms with E-state index in [0.717, 1.165) is 41.8 Å². The van der Waals surface area contributed by atoms with Gasteiger partial charge in [-0.2, -0.15) is 0 Å². The molecule has 1 amide bonds. The van der Waals surface area contributed by atoms with Crippen LogP contribution in [0.1, 0.15) is 29.7 Å². The van der Waals surface area contributed by atoms with Crippen molar-refractivity contribution in [2.24, 2.45) is 0 Å². The van der Waals surface area contributed by atoms with Crippen molar-refractivity contribution >= 4 is 11.9 Å². The van der Waals surface area contributed by atoms with Gasteiger partial charge >= 0.3 is 0 Å². The Bertz CT molecular complexity index is 801. The molecular formula is C18H20N4O2. The zero-order chi connectivity index (χ0) is 16.7. The number of nitrogen functional groups attached to an aromatic ring is 1. The highest BCUT2D eigenvalue weighted by Crippen LogP contribution is 2.52. The molecule has 1 saturated carbocycles. The maximum atomic E-state index is 13.2. The van der Waals surface area contributed by atoms with Gasteiger partial charge in [-0.3, -0.25) is 4.79 Å². The van der Waals surface area contributed by atoms with Crippen molar-refractivity contribution in [2.45, 2.75) is 31.2 Å². The molecule has 0 bridgehead atoms. The van der Waals surface area contributed by atoms with Crippen LogP contribution in [0, 0.1) is 0 Å². The fourth-order valence-corrected chi connectivity index (χ4v) is 3.56. The van der Waals surface area contributed by atoms with Crippen LogP contribution < -0.4 is 10.5 Å². The van der Waals surface area contributed by atoms with E-state index in [1.165, 1.54) is 0 Å². The zero-order valence-electron chi connectivity index (χ0n) is 13.7. The van der Waals surface area contributed by atoms with Crippen LogP contribution in [0.15, 0.2) is 30.5 Å². The van der Waals surface area contributed by atoms with Crippen LogP contribution >= 0.6 is 0 Å². The van der Waals surface area contributed by atoms with Crippen LogP contribution in [0.2, 0.25) is 0 Å². The standard InChI is InChI=1S/C18H20N4O2/c1-24-15-5-3-2-4-13(15)18(7-8-18)16(23)22-9-6-12-10-20-17(19)21-14(12)11-22/h2-5,10H,6-9,11H2,1H3,(H2,19,20,21). The fourth-order valence-electron chi connectivity index (χ4n) is 3.56. The first-order valence-electron chi connectivity index (χ1n) is 8.17. The van der Waals surface area contributed by atoms with Gasteiger partial charge in [0.2, 0.25) is 11.9 Å². The Kier molecular flexibility index (Phi) is 3.40. The summed E-state index contributed by atoms with van der Waals surface area (Å²) in [4.78, 5) is 23.5. The van der Waals surface area contributed by atoms with Crippen LogP contribution in [0.5, 0.6) is 5.75 Å². The lowest BCUT2D eigenvalue weighted by atomic mass is 9.92. The fraction of sp³-hybridized carbons (Fsp3) is 0.389. The first-order chi connectivity index (χ1) is 11.6. The molecule has 1 aromatic heterocycles. The summed E-state index contributed by atoms with van der Waals surface area (Å²) in [5.74, 6) is 1.20. The number of ether oxygens (including phenoxy) is 1. The largest absolute Gasteiger partial charge is 0.496 e. The minimum Gasteiger partial charge on any atom is -0.496 e. The molecule has 2 N–H and O–H groups in total. The third kappa shape index (κ3) is 2.29. The molecule has 0 atom stereocenters. The monoisotopic (exact) mass is 324 g/mol. The number of methoxy groups -OCH3 is 1. The van der Waals surface area contributed by atoms with Gasteiger partial charge in [-0.15, -0.1) is 0 Å². The zero-order valence-corrected chi connectivity index (χ0v) is 13.7. The van der Waals surface area contributed by atoms with Gasteiger partial charge in [0.05, 0.1) is 24.8 Å². The number of carbonyl (C=O) groups is 1. The van der Waals surface area contributed by atoms with Crippen LogP contribution in [-0.4, -0.2) is 34.4 Å². The van der Waals surface area contributed by atoms with E-state index in [1.54, 1.807) is 13.3 Å². The highest BCUT2D eigenvalue weighted by Gasteiger charge is 2.54. The van der Waals surface area contributed by atoms with Crippen LogP contribution in [0.25, 0.3) is 0 Å². The lowest BCUT2D eigenvalue weighted by Crippen LogP contribution is -2.42. The number of hydrogen-bond donors (Lipinski definition) is 1. The maximum absolute atomic E-state index is 13.2. The number of hydrogen-bond acceptors (Lipinski definition) is 5. The molecule has 6 heteroatoms. The van der Waals surface area contributed by atoms with Gasteiger partial charge in [-0.25, -0.2) is 9.97 Å². The van der Waals surface area contributed by atoms with Crippen LogP contribution in [0.4, 0.5) is 5.95 Å². The number of anilines is 1. The molecule has 1 aliphatic carbocycles. The molecular weight excluding hydrogens is 304 g/mol. The third-order valence-corrected chi connectivity index (χ3v) is 5.03. The number of aromatic nitrogens is 2. The summed E-state index contributed by atoms with van der Waals surface area (Å²) in [6.07, 6.45) is 4.26. The molecule has 0 radical (unpaired) electrons. The quantitative estimate of drug-likeness (QED) is 0.929. The smallest absolute Gasteiger partial charge is 0.233 e. The Balaban J connectivity index is 1.62. The summed E-state index contributed by atoms with van der Waals surface area (Å²) in [5, 5.41) is 0. The number of fused-ring (bicyclic) bond motifs is 1. The molecule has 4 rings (SSSR count). The van der Waals surface area contributed by atoms with Gasteiger partial charge in [0, 0.05) is 18.3 Å². The van der Waals surface area contributed by atoms with Crippen molar-refractivity contribution in [1.82, 2.24) is 14.9 Å². The highest BCUT2D eigenvalue weighted by molar-refractivity contribution is 5.92. The van der Waals surface area contributed by atoms with Gasteiger partial charge in [-0.1, -0.05) is 18.2 Å². The number of nitrogens with zero attached hydrogens (tertiary/aromatic N) is 3. The van der Waals surface area contributed by atoms with E-state index >= 15 is 0 Å². The Morgan fingerprint density at radius 2 is 2.12 bits per heavy atom. The molecule has 2 aromatic rings. The number of carbonyl (C=O) groups excluding carboxylic acids is 1.